The van der Waals surface area contributed by atoms with Crippen molar-refractivity contribution >= 4 is 17.6 Å². The van der Waals surface area contributed by atoms with Crippen molar-refractivity contribution in [1.29, 1.82) is 0 Å². The fraction of sp³-hybridized carbons (Fsp3) is 0.556. The number of benzene rings is 1. The summed E-state index contributed by atoms with van der Waals surface area (Å²) in [6, 6.07) is 5.65. The van der Waals surface area contributed by atoms with Crippen LogP contribution >= 0.6 is 0 Å². The zero-order chi connectivity index (χ0) is 18.6. The molecule has 1 aromatic carbocycles. The van der Waals surface area contributed by atoms with Crippen LogP contribution in [0.15, 0.2) is 29.3 Å². The standard InChI is InChI=1S/C18H28FN5O2/c1-2-20-18(21-8-3-9-24-10-12-26-13-11-24)22-14-17(25)23-16-6-4-15(19)5-7-16/h4-7H,2-3,8-14H2,1H3,(H,23,25)(H2,20,21,22). The molecule has 0 bridgehead atoms. The number of carbonyl (C=O) groups is 1. The number of nitrogens with one attached hydrogen (secondary N) is 3. The number of guanidine groups is 1. The van der Waals surface area contributed by atoms with E-state index in [4.69, 9.17) is 4.74 Å². The third-order valence-electron chi connectivity index (χ3n) is 3.90. The van der Waals surface area contributed by atoms with Gasteiger partial charge in [-0.1, -0.05) is 0 Å². The second kappa shape index (κ2) is 11.4. The minimum Gasteiger partial charge on any atom is -0.379 e. The van der Waals surface area contributed by atoms with Crippen LogP contribution in [0.5, 0.6) is 0 Å². The number of nitrogens with zero attached hydrogens (tertiary/aromatic N) is 2. The van der Waals surface area contributed by atoms with Crippen molar-refractivity contribution in [2.45, 2.75) is 13.3 Å². The lowest BCUT2D eigenvalue weighted by molar-refractivity contribution is -0.114. The largest absolute Gasteiger partial charge is 0.379 e. The molecule has 8 heteroatoms. The first kappa shape index (κ1) is 20.1. The van der Waals surface area contributed by atoms with Crippen molar-refractivity contribution in [1.82, 2.24) is 15.5 Å². The van der Waals surface area contributed by atoms with E-state index < -0.39 is 0 Å². The van der Waals surface area contributed by atoms with Gasteiger partial charge in [-0.15, -0.1) is 0 Å². The monoisotopic (exact) mass is 365 g/mol. The molecule has 1 saturated heterocycles. The normalized spacial score (nSPS) is 15.5. The Bertz CT molecular complexity index is 573. The molecule has 1 amide bonds. The van der Waals surface area contributed by atoms with E-state index in [9.17, 15) is 9.18 Å². The van der Waals surface area contributed by atoms with E-state index in [1.165, 1.54) is 24.3 Å². The number of carbonyl (C=O) groups excluding carboxylic acids is 1. The summed E-state index contributed by atoms with van der Waals surface area (Å²) >= 11 is 0. The molecule has 1 fully saturated rings. The van der Waals surface area contributed by atoms with Crippen LogP contribution in [-0.4, -0.2) is 69.2 Å². The minimum absolute atomic E-state index is 0.00380. The highest BCUT2D eigenvalue weighted by molar-refractivity contribution is 5.94. The van der Waals surface area contributed by atoms with Crippen LogP contribution in [0, 0.1) is 5.82 Å². The lowest BCUT2D eigenvalue weighted by Crippen LogP contribution is -2.41. The fourth-order valence-electron chi connectivity index (χ4n) is 2.56. The van der Waals surface area contributed by atoms with Crippen molar-refractivity contribution in [3.63, 3.8) is 0 Å². The molecule has 0 aliphatic carbocycles. The van der Waals surface area contributed by atoms with Gasteiger partial charge in [-0.3, -0.25) is 9.69 Å². The SMILES string of the molecule is CCNC(=NCC(=O)Nc1ccc(F)cc1)NCCCN1CCOCC1. The number of amides is 1. The Balaban J connectivity index is 1.70. The number of aliphatic imine (C=N–C) groups is 1. The first-order chi connectivity index (χ1) is 12.7. The summed E-state index contributed by atoms with van der Waals surface area (Å²) in [6.07, 6.45) is 0.992. The summed E-state index contributed by atoms with van der Waals surface area (Å²) in [5, 5.41) is 9.05. The molecule has 0 unspecified atom stereocenters. The molecule has 26 heavy (non-hydrogen) atoms. The van der Waals surface area contributed by atoms with Gasteiger partial charge in [0.15, 0.2) is 5.96 Å². The third-order valence-corrected chi connectivity index (χ3v) is 3.90. The molecule has 0 atom stereocenters. The maximum atomic E-state index is 12.9. The predicted molar refractivity (Wildman–Crippen MR) is 101 cm³/mol. The first-order valence-corrected chi connectivity index (χ1v) is 9.05. The van der Waals surface area contributed by atoms with Crippen LogP contribution in [0.2, 0.25) is 0 Å². The fourth-order valence-corrected chi connectivity index (χ4v) is 2.56. The summed E-state index contributed by atoms with van der Waals surface area (Å²) in [5.41, 5.74) is 0.551. The molecule has 0 spiro atoms. The van der Waals surface area contributed by atoms with E-state index in [0.29, 0.717) is 11.6 Å². The molecule has 0 aromatic heterocycles. The van der Waals surface area contributed by atoms with Gasteiger partial charge in [0, 0.05) is 31.9 Å². The van der Waals surface area contributed by atoms with Crippen LogP contribution in [0.4, 0.5) is 10.1 Å². The summed E-state index contributed by atoms with van der Waals surface area (Å²) in [7, 11) is 0. The van der Waals surface area contributed by atoms with Crippen molar-refractivity contribution in [2.24, 2.45) is 4.99 Å². The van der Waals surface area contributed by atoms with E-state index >= 15 is 0 Å². The number of rotatable bonds is 8. The second-order valence-corrected chi connectivity index (χ2v) is 5.98. The molecular formula is C18H28FN5O2. The van der Waals surface area contributed by atoms with Gasteiger partial charge in [-0.2, -0.15) is 0 Å². The van der Waals surface area contributed by atoms with Crippen molar-refractivity contribution in [3.05, 3.63) is 30.1 Å². The van der Waals surface area contributed by atoms with Gasteiger partial charge >= 0.3 is 0 Å². The highest BCUT2D eigenvalue weighted by atomic mass is 19.1. The molecule has 0 radical (unpaired) electrons. The summed E-state index contributed by atoms with van der Waals surface area (Å²) < 4.78 is 18.2. The van der Waals surface area contributed by atoms with E-state index in [1.54, 1.807) is 0 Å². The topological polar surface area (TPSA) is 78.0 Å². The quantitative estimate of drug-likeness (QED) is 0.365. The van der Waals surface area contributed by atoms with Crippen molar-refractivity contribution in [3.8, 4) is 0 Å². The van der Waals surface area contributed by atoms with E-state index in [0.717, 1.165) is 52.4 Å². The number of ether oxygens (including phenoxy) is 1. The molecule has 1 heterocycles. The van der Waals surface area contributed by atoms with Crippen molar-refractivity contribution < 1.29 is 13.9 Å². The lowest BCUT2D eigenvalue weighted by atomic mass is 10.3. The Kier molecular flexibility index (Phi) is 8.85. The van der Waals surface area contributed by atoms with Crippen LogP contribution in [0.1, 0.15) is 13.3 Å². The minimum atomic E-state index is -0.336. The van der Waals surface area contributed by atoms with Gasteiger partial charge < -0.3 is 20.7 Å². The smallest absolute Gasteiger partial charge is 0.246 e. The van der Waals surface area contributed by atoms with Gasteiger partial charge in [-0.05, 0) is 44.2 Å². The van der Waals surface area contributed by atoms with Gasteiger partial charge in [0.25, 0.3) is 0 Å². The van der Waals surface area contributed by atoms with Gasteiger partial charge in [0.1, 0.15) is 12.4 Å². The number of hydrogen-bond acceptors (Lipinski definition) is 4. The van der Waals surface area contributed by atoms with Crippen molar-refractivity contribution in [2.75, 3.05) is 57.8 Å². The van der Waals surface area contributed by atoms with Crippen LogP contribution < -0.4 is 16.0 Å². The molecule has 144 valence electrons. The Hall–Kier alpha value is -2.19. The number of anilines is 1. The highest BCUT2D eigenvalue weighted by Crippen LogP contribution is 2.07. The second-order valence-electron chi connectivity index (χ2n) is 5.98. The van der Waals surface area contributed by atoms with Gasteiger partial charge in [0.2, 0.25) is 5.91 Å². The molecule has 0 saturated carbocycles. The van der Waals surface area contributed by atoms with Crippen LogP contribution in [-0.2, 0) is 9.53 Å². The molecule has 2 rings (SSSR count). The van der Waals surface area contributed by atoms with E-state index in [2.05, 4.69) is 25.8 Å². The maximum Gasteiger partial charge on any atom is 0.246 e. The molecule has 1 aliphatic rings. The van der Waals surface area contributed by atoms with Gasteiger partial charge in [-0.25, -0.2) is 9.38 Å². The average molecular weight is 365 g/mol. The predicted octanol–water partition coefficient (Wildman–Crippen LogP) is 1.04. The van der Waals surface area contributed by atoms with Crippen LogP contribution in [0.3, 0.4) is 0 Å². The molecule has 7 nitrogen and oxygen atoms in total. The number of hydrogen-bond donors (Lipinski definition) is 3. The number of morpholine rings is 1. The zero-order valence-electron chi connectivity index (χ0n) is 15.3. The van der Waals surface area contributed by atoms with E-state index in [-0.39, 0.29) is 18.3 Å². The summed E-state index contributed by atoms with van der Waals surface area (Å²) in [6.45, 7) is 8.06. The van der Waals surface area contributed by atoms with Gasteiger partial charge in [0.05, 0.1) is 13.2 Å². The molecule has 1 aromatic rings. The average Bonchev–Trinajstić information content (AvgIpc) is 2.66. The third kappa shape index (κ3) is 7.79. The molecule has 3 N–H and O–H groups in total. The summed E-state index contributed by atoms with van der Waals surface area (Å²) in [5.74, 6) is 0.0302. The van der Waals surface area contributed by atoms with E-state index in [1.807, 2.05) is 6.92 Å². The lowest BCUT2D eigenvalue weighted by Gasteiger charge is -2.26. The maximum absolute atomic E-state index is 12.9. The zero-order valence-corrected chi connectivity index (χ0v) is 15.3. The summed E-state index contributed by atoms with van der Waals surface area (Å²) in [4.78, 5) is 18.6. The Morgan fingerprint density at radius 3 is 2.65 bits per heavy atom. The first-order valence-electron chi connectivity index (χ1n) is 9.05. The Morgan fingerprint density at radius 2 is 1.96 bits per heavy atom. The molecular weight excluding hydrogens is 337 g/mol. The Morgan fingerprint density at radius 1 is 1.23 bits per heavy atom. The Labute approximate surface area is 154 Å². The molecule has 1 aliphatic heterocycles. The van der Waals surface area contributed by atoms with Crippen LogP contribution in [0.25, 0.3) is 0 Å². The number of halogens is 1. The highest BCUT2D eigenvalue weighted by Gasteiger charge is 2.09.